The SMILES string of the molecule is CN=C(NCc1ccccc1Oc1ccccc1)N1CCC(C(=O)OC)CC1. The number of esters is 1. The van der Waals surface area contributed by atoms with Gasteiger partial charge >= 0.3 is 5.97 Å². The fourth-order valence-electron chi connectivity index (χ4n) is 3.37. The molecule has 0 amide bonds. The molecule has 0 unspecified atom stereocenters. The van der Waals surface area contributed by atoms with Gasteiger partial charge in [-0.3, -0.25) is 9.79 Å². The van der Waals surface area contributed by atoms with Gasteiger partial charge in [-0.25, -0.2) is 0 Å². The summed E-state index contributed by atoms with van der Waals surface area (Å²) < 4.78 is 10.9. The number of ether oxygens (including phenoxy) is 2. The van der Waals surface area contributed by atoms with Crippen LogP contribution in [0.1, 0.15) is 18.4 Å². The van der Waals surface area contributed by atoms with E-state index in [2.05, 4.69) is 15.2 Å². The van der Waals surface area contributed by atoms with E-state index in [4.69, 9.17) is 9.47 Å². The number of nitrogens with one attached hydrogen (secondary N) is 1. The lowest BCUT2D eigenvalue weighted by atomic mass is 9.97. The van der Waals surface area contributed by atoms with E-state index in [0.29, 0.717) is 6.54 Å². The summed E-state index contributed by atoms with van der Waals surface area (Å²) in [6, 6.07) is 17.7. The summed E-state index contributed by atoms with van der Waals surface area (Å²) in [7, 11) is 3.23. The van der Waals surface area contributed by atoms with Crippen LogP contribution in [-0.4, -0.2) is 44.1 Å². The Hall–Kier alpha value is -3.02. The average molecular weight is 381 g/mol. The molecule has 2 aromatic carbocycles. The highest BCUT2D eigenvalue weighted by atomic mass is 16.5. The van der Waals surface area contributed by atoms with Crippen LogP contribution in [0.5, 0.6) is 11.5 Å². The lowest BCUT2D eigenvalue weighted by Gasteiger charge is -2.33. The van der Waals surface area contributed by atoms with Crippen molar-refractivity contribution in [2.75, 3.05) is 27.2 Å². The third-order valence-corrected chi connectivity index (χ3v) is 4.92. The van der Waals surface area contributed by atoms with Crippen molar-refractivity contribution in [3.63, 3.8) is 0 Å². The molecule has 0 bridgehead atoms. The number of piperidine rings is 1. The number of carbonyl (C=O) groups excluding carboxylic acids is 1. The van der Waals surface area contributed by atoms with Crippen molar-refractivity contribution >= 4 is 11.9 Å². The van der Waals surface area contributed by atoms with Gasteiger partial charge in [0.05, 0.1) is 13.0 Å². The van der Waals surface area contributed by atoms with E-state index >= 15 is 0 Å². The number of para-hydroxylation sites is 2. The van der Waals surface area contributed by atoms with Gasteiger partial charge in [-0.15, -0.1) is 0 Å². The van der Waals surface area contributed by atoms with E-state index in [-0.39, 0.29) is 11.9 Å². The zero-order chi connectivity index (χ0) is 19.8. The molecule has 6 nitrogen and oxygen atoms in total. The molecule has 0 spiro atoms. The van der Waals surface area contributed by atoms with Crippen LogP contribution in [0, 0.1) is 5.92 Å². The van der Waals surface area contributed by atoms with E-state index in [9.17, 15) is 4.79 Å². The van der Waals surface area contributed by atoms with Crippen LogP contribution in [0.25, 0.3) is 0 Å². The molecule has 1 aliphatic heterocycles. The van der Waals surface area contributed by atoms with Gasteiger partial charge in [-0.1, -0.05) is 36.4 Å². The zero-order valence-electron chi connectivity index (χ0n) is 16.4. The number of carbonyl (C=O) groups is 1. The van der Waals surface area contributed by atoms with E-state index in [0.717, 1.165) is 49.0 Å². The van der Waals surface area contributed by atoms with Crippen LogP contribution in [0.2, 0.25) is 0 Å². The van der Waals surface area contributed by atoms with Gasteiger partial charge in [-0.2, -0.15) is 0 Å². The molecule has 6 heteroatoms. The minimum atomic E-state index is -0.116. The van der Waals surface area contributed by atoms with Gasteiger partial charge in [0.25, 0.3) is 0 Å². The Labute approximate surface area is 166 Å². The van der Waals surface area contributed by atoms with Crippen LogP contribution in [0.4, 0.5) is 0 Å². The van der Waals surface area contributed by atoms with Crippen LogP contribution in [0.15, 0.2) is 59.6 Å². The largest absolute Gasteiger partial charge is 0.469 e. The first-order valence-electron chi connectivity index (χ1n) is 9.55. The standard InChI is InChI=1S/C22H27N3O3/c1-23-22(25-14-12-17(13-15-25)21(26)27-2)24-16-18-8-6-7-11-20(18)28-19-9-4-3-5-10-19/h3-11,17H,12-16H2,1-2H3,(H,23,24). The third kappa shape index (κ3) is 5.03. The third-order valence-electron chi connectivity index (χ3n) is 4.92. The predicted molar refractivity (Wildman–Crippen MR) is 109 cm³/mol. The summed E-state index contributed by atoms with van der Waals surface area (Å²) in [6.45, 7) is 2.16. The Balaban J connectivity index is 1.60. The number of guanidine groups is 1. The average Bonchev–Trinajstić information content (AvgIpc) is 2.76. The van der Waals surface area contributed by atoms with Crippen LogP contribution < -0.4 is 10.1 Å². The number of hydrogen-bond acceptors (Lipinski definition) is 4. The van der Waals surface area contributed by atoms with Gasteiger partial charge < -0.3 is 19.7 Å². The van der Waals surface area contributed by atoms with Crippen LogP contribution in [-0.2, 0) is 16.1 Å². The van der Waals surface area contributed by atoms with E-state index in [1.54, 1.807) is 7.05 Å². The van der Waals surface area contributed by atoms with Gasteiger partial charge in [-0.05, 0) is 31.0 Å². The van der Waals surface area contributed by atoms with Gasteiger partial charge in [0.1, 0.15) is 11.5 Å². The Morgan fingerprint density at radius 1 is 1.11 bits per heavy atom. The number of benzene rings is 2. The molecular formula is C22H27N3O3. The molecule has 2 aromatic rings. The second kappa shape index (κ2) is 9.78. The van der Waals surface area contributed by atoms with Crippen LogP contribution >= 0.6 is 0 Å². The van der Waals surface area contributed by atoms with Crippen LogP contribution in [0.3, 0.4) is 0 Å². The number of hydrogen-bond donors (Lipinski definition) is 1. The van der Waals surface area contributed by atoms with E-state index in [1.165, 1.54) is 7.11 Å². The highest BCUT2D eigenvalue weighted by Crippen LogP contribution is 2.25. The van der Waals surface area contributed by atoms with Crippen molar-refractivity contribution in [1.29, 1.82) is 0 Å². The summed E-state index contributed by atoms with van der Waals surface area (Å²) in [5, 5.41) is 3.42. The van der Waals surface area contributed by atoms with E-state index in [1.807, 2.05) is 54.6 Å². The quantitative estimate of drug-likeness (QED) is 0.488. The molecule has 3 rings (SSSR count). The topological polar surface area (TPSA) is 63.2 Å². The summed E-state index contributed by atoms with van der Waals surface area (Å²) in [4.78, 5) is 18.3. The molecule has 148 valence electrons. The molecule has 1 fully saturated rings. The summed E-state index contributed by atoms with van der Waals surface area (Å²) in [6.07, 6.45) is 1.56. The molecule has 0 saturated carbocycles. The van der Waals surface area contributed by atoms with Crippen molar-refractivity contribution in [1.82, 2.24) is 10.2 Å². The Morgan fingerprint density at radius 3 is 2.46 bits per heavy atom. The normalized spacial score (nSPS) is 15.2. The molecular weight excluding hydrogens is 354 g/mol. The second-order valence-electron chi connectivity index (χ2n) is 6.71. The van der Waals surface area contributed by atoms with Crippen molar-refractivity contribution in [2.45, 2.75) is 19.4 Å². The molecule has 0 radical (unpaired) electrons. The lowest BCUT2D eigenvalue weighted by molar-refractivity contribution is -0.146. The first-order chi connectivity index (χ1) is 13.7. The fourth-order valence-corrected chi connectivity index (χ4v) is 3.37. The lowest BCUT2D eigenvalue weighted by Crippen LogP contribution is -2.46. The molecule has 28 heavy (non-hydrogen) atoms. The molecule has 1 saturated heterocycles. The van der Waals surface area contributed by atoms with Gasteiger partial charge in [0.15, 0.2) is 5.96 Å². The number of likely N-dealkylation sites (tertiary alicyclic amines) is 1. The minimum Gasteiger partial charge on any atom is -0.469 e. The summed E-state index contributed by atoms with van der Waals surface area (Å²) in [5.74, 6) is 2.33. The minimum absolute atomic E-state index is 0.0145. The first-order valence-corrected chi connectivity index (χ1v) is 9.55. The van der Waals surface area contributed by atoms with Crippen molar-refractivity contribution in [3.8, 4) is 11.5 Å². The van der Waals surface area contributed by atoms with E-state index < -0.39 is 0 Å². The number of nitrogens with zero attached hydrogens (tertiary/aromatic N) is 2. The smallest absolute Gasteiger partial charge is 0.308 e. The Morgan fingerprint density at radius 2 is 1.79 bits per heavy atom. The number of methoxy groups -OCH3 is 1. The maximum absolute atomic E-state index is 11.7. The molecule has 1 aliphatic rings. The molecule has 1 N–H and O–H groups in total. The first kappa shape index (κ1) is 19.7. The number of aliphatic imine (C=N–C) groups is 1. The Bertz CT molecular complexity index is 800. The summed E-state index contributed by atoms with van der Waals surface area (Å²) >= 11 is 0. The van der Waals surface area contributed by atoms with Crippen molar-refractivity contribution in [2.24, 2.45) is 10.9 Å². The maximum Gasteiger partial charge on any atom is 0.308 e. The predicted octanol–water partition coefficient (Wildman–Crippen LogP) is 3.44. The number of rotatable bonds is 5. The fraction of sp³-hybridized carbons (Fsp3) is 0.364. The van der Waals surface area contributed by atoms with Crippen molar-refractivity contribution in [3.05, 3.63) is 60.2 Å². The molecule has 0 aromatic heterocycles. The molecule has 0 atom stereocenters. The second-order valence-corrected chi connectivity index (χ2v) is 6.71. The zero-order valence-corrected chi connectivity index (χ0v) is 16.4. The molecule has 1 heterocycles. The Kier molecular flexibility index (Phi) is 6.89. The summed E-state index contributed by atoms with van der Waals surface area (Å²) in [5.41, 5.74) is 1.05. The monoisotopic (exact) mass is 381 g/mol. The highest BCUT2D eigenvalue weighted by molar-refractivity contribution is 5.80. The van der Waals surface area contributed by atoms with Gasteiger partial charge in [0, 0.05) is 32.2 Å². The molecule has 0 aliphatic carbocycles. The highest BCUT2D eigenvalue weighted by Gasteiger charge is 2.27. The van der Waals surface area contributed by atoms with Crippen molar-refractivity contribution < 1.29 is 14.3 Å². The maximum atomic E-state index is 11.7. The van der Waals surface area contributed by atoms with Gasteiger partial charge in [0.2, 0.25) is 0 Å².